The van der Waals surface area contributed by atoms with Crippen molar-refractivity contribution in [2.75, 3.05) is 12.5 Å². The zero-order valence-corrected chi connectivity index (χ0v) is 16.7. The summed E-state index contributed by atoms with van der Waals surface area (Å²) in [6, 6.07) is 9.72. The van der Waals surface area contributed by atoms with Crippen molar-refractivity contribution in [2.24, 2.45) is 5.10 Å². The SMILES string of the molecule is COc1cc(C=NNc2cc(C)c3cc(C)cc(C)c3n2)cc(Br)c1O. The van der Waals surface area contributed by atoms with Gasteiger partial charge >= 0.3 is 0 Å². The Labute approximate surface area is 160 Å². The summed E-state index contributed by atoms with van der Waals surface area (Å²) in [7, 11) is 1.51. The summed E-state index contributed by atoms with van der Waals surface area (Å²) < 4.78 is 5.69. The number of rotatable bonds is 4. The molecule has 26 heavy (non-hydrogen) atoms. The number of anilines is 1. The van der Waals surface area contributed by atoms with Crippen LogP contribution in [0.5, 0.6) is 11.5 Å². The molecule has 0 aliphatic carbocycles. The highest BCUT2D eigenvalue weighted by Crippen LogP contribution is 2.34. The molecule has 1 aromatic heterocycles. The van der Waals surface area contributed by atoms with E-state index < -0.39 is 0 Å². The van der Waals surface area contributed by atoms with E-state index in [4.69, 9.17) is 4.74 Å². The molecule has 5 nitrogen and oxygen atoms in total. The number of aromatic hydroxyl groups is 1. The van der Waals surface area contributed by atoms with Gasteiger partial charge in [0.1, 0.15) is 5.82 Å². The molecule has 2 N–H and O–H groups in total. The molecule has 0 unspecified atom stereocenters. The third-order valence-electron chi connectivity index (χ3n) is 4.12. The van der Waals surface area contributed by atoms with Crippen LogP contribution >= 0.6 is 15.9 Å². The lowest BCUT2D eigenvalue weighted by Gasteiger charge is -2.09. The molecule has 0 fully saturated rings. The van der Waals surface area contributed by atoms with Crippen molar-refractivity contribution >= 4 is 38.9 Å². The average Bonchev–Trinajstić information content (AvgIpc) is 2.59. The number of methoxy groups -OCH3 is 1. The number of pyridine rings is 1. The number of phenols is 1. The van der Waals surface area contributed by atoms with Crippen LogP contribution in [0, 0.1) is 20.8 Å². The Balaban J connectivity index is 1.88. The van der Waals surface area contributed by atoms with Gasteiger partial charge in [0, 0.05) is 5.39 Å². The van der Waals surface area contributed by atoms with E-state index in [9.17, 15) is 5.11 Å². The Bertz CT molecular complexity index is 1020. The van der Waals surface area contributed by atoms with Crippen molar-refractivity contribution in [3.05, 3.63) is 57.1 Å². The normalized spacial score (nSPS) is 11.3. The summed E-state index contributed by atoms with van der Waals surface area (Å²) in [6.45, 7) is 6.22. The Morgan fingerprint density at radius 1 is 1.12 bits per heavy atom. The summed E-state index contributed by atoms with van der Waals surface area (Å²) in [4.78, 5) is 4.67. The number of hydrogen-bond donors (Lipinski definition) is 2. The van der Waals surface area contributed by atoms with E-state index in [-0.39, 0.29) is 5.75 Å². The smallest absolute Gasteiger partial charge is 0.172 e. The minimum atomic E-state index is 0.0650. The number of aryl methyl sites for hydroxylation is 3. The van der Waals surface area contributed by atoms with Crippen LogP contribution in [0.2, 0.25) is 0 Å². The monoisotopic (exact) mass is 413 g/mol. The lowest BCUT2D eigenvalue weighted by molar-refractivity contribution is 0.372. The first-order valence-corrected chi connectivity index (χ1v) is 8.92. The number of nitrogens with zero attached hydrogens (tertiary/aromatic N) is 2. The predicted octanol–water partition coefficient (Wildman–Crippen LogP) is 5.08. The molecule has 0 amide bonds. The fourth-order valence-corrected chi connectivity index (χ4v) is 3.36. The largest absolute Gasteiger partial charge is 0.503 e. The second-order valence-electron chi connectivity index (χ2n) is 6.23. The van der Waals surface area contributed by atoms with Gasteiger partial charge < -0.3 is 9.84 Å². The number of nitrogens with one attached hydrogen (secondary N) is 1. The quantitative estimate of drug-likeness (QED) is 0.462. The second kappa shape index (κ2) is 7.33. The molecule has 0 atom stereocenters. The van der Waals surface area contributed by atoms with Crippen LogP contribution in [0.4, 0.5) is 5.82 Å². The first-order valence-electron chi connectivity index (χ1n) is 8.13. The van der Waals surface area contributed by atoms with Gasteiger partial charge in [-0.25, -0.2) is 4.98 Å². The van der Waals surface area contributed by atoms with E-state index in [2.05, 4.69) is 64.3 Å². The molecule has 0 saturated heterocycles. The molecular weight excluding hydrogens is 394 g/mol. The summed E-state index contributed by atoms with van der Waals surface area (Å²) in [5, 5.41) is 15.3. The van der Waals surface area contributed by atoms with Gasteiger partial charge in [-0.1, -0.05) is 11.6 Å². The minimum absolute atomic E-state index is 0.0650. The summed E-state index contributed by atoms with van der Waals surface area (Å²) in [5.41, 5.74) is 8.25. The molecule has 3 rings (SSSR count). The van der Waals surface area contributed by atoms with Crippen LogP contribution in [0.15, 0.2) is 39.9 Å². The van der Waals surface area contributed by atoms with Crippen LogP contribution in [-0.4, -0.2) is 23.4 Å². The second-order valence-corrected chi connectivity index (χ2v) is 7.08. The molecule has 0 aliphatic heterocycles. The van der Waals surface area contributed by atoms with E-state index in [0.717, 1.165) is 27.6 Å². The fourth-order valence-electron chi connectivity index (χ4n) is 2.90. The number of benzene rings is 2. The number of phenolic OH excluding ortho intramolecular Hbond substituents is 1. The zero-order valence-electron chi connectivity index (χ0n) is 15.1. The van der Waals surface area contributed by atoms with Gasteiger partial charge in [0.2, 0.25) is 0 Å². The minimum Gasteiger partial charge on any atom is -0.503 e. The summed E-state index contributed by atoms with van der Waals surface area (Å²) in [6.07, 6.45) is 1.65. The van der Waals surface area contributed by atoms with Crippen LogP contribution in [0.3, 0.4) is 0 Å². The van der Waals surface area contributed by atoms with Crippen molar-refractivity contribution in [1.29, 1.82) is 0 Å². The standard InChI is InChI=1S/C20H20BrN3O2/c1-11-5-13(3)19-15(6-11)12(2)7-18(23-19)24-22-10-14-8-16(21)20(25)17(9-14)26-4/h5-10,25H,1-4H3,(H,23,24). The molecule has 6 heteroatoms. The average molecular weight is 414 g/mol. The van der Waals surface area contributed by atoms with E-state index >= 15 is 0 Å². The Hall–Kier alpha value is -2.60. The third kappa shape index (κ3) is 3.65. The van der Waals surface area contributed by atoms with Crippen molar-refractivity contribution in [3.63, 3.8) is 0 Å². The zero-order chi connectivity index (χ0) is 18.8. The van der Waals surface area contributed by atoms with E-state index in [1.807, 2.05) is 6.07 Å². The topological polar surface area (TPSA) is 66.7 Å². The van der Waals surface area contributed by atoms with Crippen LogP contribution in [-0.2, 0) is 0 Å². The summed E-state index contributed by atoms with van der Waals surface area (Å²) in [5.74, 6) is 1.13. The van der Waals surface area contributed by atoms with Gasteiger partial charge in [-0.05, 0) is 77.7 Å². The molecule has 0 aliphatic rings. The van der Waals surface area contributed by atoms with E-state index in [1.165, 1.54) is 12.7 Å². The van der Waals surface area contributed by atoms with Gasteiger partial charge in [-0.15, -0.1) is 0 Å². The highest BCUT2D eigenvalue weighted by Gasteiger charge is 2.08. The van der Waals surface area contributed by atoms with Crippen LogP contribution in [0.1, 0.15) is 22.3 Å². The molecule has 2 aromatic carbocycles. The number of hydrogen-bond acceptors (Lipinski definition) is 5. The molecule has 134 valence electrons. The maximum Gasteiger partial charge on any atom is 0.172 e. The first-order chi connectivity index (χ1) is 12.4. The van der Waals surface area contributed by atoms with E-state index in [0.29, 0.717) is 16.0 Å². The molecule has 0 saturated carbocycles. The number of hydrazone groups is 1. The lowest BCUT2D eigenvalue weighted by Crippen LogP contribution is -1.97. The van der Waals surface area contributed by atoms with Crippen molar-refractivity contribution in [1.82, 2.24) is 4.98 Å². The third-order valence-corrected chi connectivity index (χ3v) is 4.72. The maximum atomic E-state index is 9.86. The van der Waals surface area contributed by atoms with Gasteiger partial charge in [-0.2, -0.15) is 5.10 Å². The number of fused-ring (bicyclic) bond motifs is 1. The van der Waals surface area contributed by atoms with Gasteiger partial charge in [0.15, 0.2) is 11.5 Å². The Kier molecular flexibility index (Phi) is 5.13. The Morgan fingerprint density at radius 2 is 1.88 bits per heavy atom. The van der Waals surface area contributed by atoms with Crippen molar-refractivity contribution < 1.29 is 9.84 Å². The first kappa shape index (κ1) is 18.2. The highest BCUT2D eigenvalue weighted by atomic mass is 79.9. The van der Waals surface area contributed by atoms with Gasteiger partial charge in [0.25, 0.3) is 0 Å². The molecule has 0 bridgehead atoms. The predicted molar refractivity (Wildman–Crippen MR) is 110 cm³/mol. The fraction of sp³-hybridized carbons (Fsp3) is 0.200. The van der Waals surface area contributed by atoms with E-state index in [1.54, 1.807) is 18.3 Å². The van der Waals surface area contributed by atoms with Crippen molar-refractivity contribution in [3.8, 4) is 11.5 Å². The van der Waals surface area contributed by atoms with Gasteiger partial charge in [-0.3, -0.25) is 5.43 Å². The molecule has 1 heterocycles. The van der Waals surface area contributed by atoms with Gasteiger partial charge in [0.05, 0.1) is 23.3 Å². The molecular formula is C20H20BrN3O2. The number of halogens is 1. The molecule has 0 spiro atoms. The highest BCUT2D eigenvalue weighted by molar-refractivity contribution is 9.10. The number of aromatic nitrogens is 1. The molecule has 0 radical (unpaired) electrons. The maximum absolute atomic E-state index is 9.86. The van der Waals surface area contributed by atoms with Crippen LogP contribution < -0.4 is 10.2 Å². The molecule has 3 aromatic rings. The van der Waals surface area contributed by atoms with Crippen molar-refractivity contribution in [2.45, 2.75) is 20.8 Å². The lowest BCUT2D eigenvalue weighted by atomic mass is 10.0. The number of ether oxygens (including phenoxy) is 1. The Morgan fingerprint density at radius 3 is 2.62 bits per heavy atom. The van der Waals surface area contributed by atoms with Crippen LogP contribution in [0.25, 0.3) is 10.9 Å². The summed E-state index contributed by atoms with van der Waals surface area (Å²) >= 11 is 3.30.